The third-order valence-corrected chi connectivity index (χ3v) is 4.57. The van der Waals surface area contributed by atoms with Crippen LogP contribution in [0.3, 0.4) is 0 Å². The number of nitrogens with two attached hydrogens (primary N) is 1. The molecule has 2 heterocycles. The van der Waals surface area contributed by atoms with Crippen LogP contribution in [0.2, 0.25) is 0 Å². The maximum Gasteiger partial charge on any atom is 0.275 e. The van der Waals surface area contributed by atoms with Crippen molar-refractivity contribution in [3.05, 3.63) is 21.9 Å². The number of hydrogen-bond acceptors (Lipinski definition) is 5. The molecule has 0 spiro atoms. The van der Waals surface area contributed by atoms with Gasteiger partial charge in [-0.05, 0) is 12.1 Å². The molecule has 1 aliphatic heterocycles. The van der Waals surface area contributed by atoms with Crippen molar-refractivity contribution >= 4 is 29.0 Å². The third kappa shape index (κ3) is 2.72. The summed E-state index contributed by atoms with van der Waals surface area (Å²) in [5.74, 6) is 5.77. The van der Waals surface area contributed by atoms with Crippen molar-refractivity contribution in [3.8, 4) is 0 Å². The Kier molecular flexibility index (Phi) is 3.63. The molecule has 0 aromatic carbocycles. The van der Waals surface area contributed by atoms with E-state index < -0.39 is 0 Å². The van der Waals surface area contributed by atoms with E-state index in [-0.39, 0.29) is 5.91 Å². The number of nitrogens with one attached hydrogen (secondary N) is 1. The summed E-state index contributed by atoms with van der Waals surface area (Å²) in [6.45, 7) is 1.71. The molecule has 0 radical (unpaired) electrons. The summed E-state index contributed by atoms with van der Waals surface area (Å²) in [5.41, 5.74) is 2.13. The van der Waals surface area contributed by atoms with Crippen LogP contribution in [0.15, 0.2) is 12.1 Å². The molecule has 1 fully saturated rings. The van der Waals surface area contributed by atoms with Gasteiger partial charge in [-0.3, -0.25) is 10.2 Å². The Bertz CT molecular complexity index is 350. The predicted molar refractivity (Wildman–Crippen MR) is 61.9 cm³/mol. The van der Waals surface area contributed by atoms with Gasteiger partial charge in [-0.25, -0.2) is 5.84 Å². The lowest BCUT2D eigenvalue weighted by Gasteiger charge is -2.24. The number of rotatable bonds is 4. The molecule has 1 aromatic rings. The van der Waals surface area contributed by atoms with E-state index in [0.29, 0.717) is 10.1 Å². The fourth-order valence-electron chi connectivity index (χ4n) is 1.16. The first-order chi connectivity index (χ1) is 7.29. The van der Waals surface area contributed by atoms with E-state index in [2.05, 4.69) is 5.43 Å². The van der Waals surface area contributed by atoms with Gasteiger partial charge in [-0.15, -0.1) is 23.1 Å². The Labute approximate surface area is 96.1 Å². The summed E-state index contributed by atoms with van der Waals surface area (Å²) < 4.78 is 5.09. The zero-order valence-corrected chi connectivity index (χ0v) is 9.70. The highest BCUT2D eigenvalue weighted by molar-refractivity contribution is 7.99. The molecular weight excluding hydrogens is 232 g/mol. The van der Waals surface area contributed by atoms with Gasteiger partial charge in [0, 0.05) is 10.6 Å². The van der Waals surface area contributed by atoms with Crippen LogP contribution in [0.25, 0.3) is 0 Å². The van der Waals surface area contributed by atoms with Crippen LogP contribution in [-0.4, -0.2) is 24.4 Å². The zero-order valence-electron chi connectivity index (χ0n) is 8.06. The van der Waals surface area contributed by atoms with Crippen LogP contribution in [-0.2, 0) is 10.5 Å². The van der Waals surface area contributed by atoms with Crippen molar-refractivity contribution in [2.75, 3.05) is 13.2 Å². The lowest BCUT2D eigenvalue weighted by molar-refractivity contribution is 0.0455. The molecular formula is C9H12N2O2S2. The Balaban J connectivity index is 1.86. The SMILES string of the molecule is NNC(=O)c1ccc(CSC2COC2)s1. The van der Waals surface area contributed by atoms with E-state index in [9.17, 15) is 4.79 Å². The number of carbonyl (C=O) groups is 1. The molecule has 1 aliphatic rings. The number of hydrogen-bond donors (Lipinski definition) is 2. The van der Waals surface area contributed by atoms with E-state index in [1.54, 1.807) is 6.07 Å². The van der Waals surface area contributed by atoms with Crippen LogP contribution < -0.4 is 11.3 Å². The van der Waals surface area contributed by atoms with E-state index in [1.807, 2.05) is 17.8 Å². The molecule has 0 aliphatic carbocycles. The monoisotopic (exact) mass is 244 g/mol. The Morgan fingerprint density at radius 3 is 3.07 bits per heavy atom. The summed E-state index contributed by atoms with van der Waals surface area (Å²) in [4.78, 5) is 13.0. The molecule has 0 saturated carbocycles. The second-order valence-electron chi connectivity index (χ2n) is 3.21. The molecule has 1 saturated heterocycles. The molecule has 0 unspecified atom stereocenters. The fourth-order valence-corrected chi connectivity index (χ4v) is 3.19. The molecule has 0 bridgehead atoms. The zero-order chi connectivity index (χ0) is 10.7. The topological polar surface area (TPSA) is 64.3 Å². The summed E-state index contributed by atoms with van der Waals surface area (Å²) in [5, 5.41) is 0.624. The first-order valence-corrected chi connectivity index (χ1v) is 6.45. The van der Waals surface area contributed by atoms with Gasteiger partial charge in [0.2, 0.25) is 0 Å². The minimum atomic E-state index is -0.219. The van der Waals surface area contributed by atoms with Crippen LogP contribution in [0, 0.1) is 0 Å². The number of ether oxygens (including phenoxy) is 1. The maximum absolute atomic E-state index is 11.2. The van der Waals surface area contributed by atoms with Gasteiger partial charge >= 0.3 is 0 Å². The predicted octanol–water partition coefficient (Wildman–Crippen LogP) is 0.984. The standard InChI is InChI=1S/C9H12N2O2S2/c10-11-9(12)8-2-1-6(15-8)5-14-7-3-13-4-7/h1-2,7H,3-5,10H2,(H,11,12). The lowest BCUT2D eigenvalue weighted by atomic mass is 10.4. The number of nitrogen functional groups attached to an aromatic ring is 1. The van der Waals surface area contributed by atoms with Crippen molar-refractivity contribution < 1.29 is 9.53 Å². The Hall–Kier alpha value is -0.560. The lowest BCUT2D eigenvalue weighted by Crippen LogP contribution is -2.30. The quantitative estimate of drug-likeness (QED) is 0.471. The van der Waals surface area contributed by atoms with Gasteiger partial charge in [0.15, 0.2) is 0 Å². The number of carbonyl (C=O) groups excluding carboxylic acids is 1. The molecule has 1 amide bonds. The second-order valence-corrected chi connectivity index (χ2v) is 5.67. The first-order valence-electron chi connectivity index (χ1n) is 4.58. The Morgan fingerprint density at radius 1 is 1.67 bits per heavy atom. The minimum Gasteiger partial charge on any atom is -0.379 e. The summed E-state index contributed by atoms with van der Waals surface area (Å²) in [6, 6.07) is 3.78. The van der Waals surface area contributed by atoms with Crippen LogP contribution in [0.4, 0.5) is 0 Å². The van der Waals surface area contributed by atoms with Crippen molar-refractivity contribution in [2.24, 2.45) is 5.84 Å². The molecule has 15 heavy (non-hydrogen) atoms. The highest BCUT2D eigenvalue weighted by Gasteiger charge is 2.19. The van der Waals surface area contributed by atoms with Crippen LogP contribution >= 0.6 is 23.1 Å². The van der Waals surface area contributed by atoms with E-state index in [0.717, 1.165) is 19.0 Å². The van der Waals surface area contributed by atoms with Crippen LogP contribution in [0.5, 0.6) is 0 Å². The molecule has 4 nitrogen and oxygen atoms in total. The summed E-state index contributed by atoms with van der Waals surface area (Å²) in [7, 11) is 0. The molecule has 0 atom stereocenters. The smallest absolute Gasteiger partial charge is 0.275 e. The largest absolute Gasteiger partial charge is 0.379 e. The third-order valence-electron chi connectivity index (χ3n) is 2.09. The van der Waals surface area contributed by atoms with Gasteiger partial charge in [0.1, 0.15) is 0 Å². The van der Waals surface area contributed by atoms with E-state index in [1.165, 1.54) is 16.2 Å². The van der Waals surface area contributed by atoms with Gasteiger partial charge < -0.3 is 4.74 Å². The van der Waals surface area contributed by atoms with Crippen molar-refractivity contribution in [1.82, 2.24) is 5.43 Å². The van der Waals surface area contributed by atoms with E-state index in [4.69, 9.17) is 10.6 Å². The van der Waals surface area contributed by atoms with Crippen molar-refractivity contribution in [2.45, 2.75) is 11.0 Å². The Morgan fingerprint density at radius 2 is 2.47 bits per heavy atom. The molecule has 1 aromatic heterocycles. The maximum atomic E-state index is 11.2. The fraction of sp³-hybridized carbons (Fsp3) is 0.444. The van der Waals surface area contributed by atoms with Gasteiger partial charge in [-0.2, -0.15) is 0 Å². The van der Waals surface area contributed by atoms with Gasteiger partial charge in [0.05, 0.1) is 23.3 Å². The minimum absolute atomic E-state index is 0.219. The number of hydrazine groups is 1. The highest BCUT2D eigenvalue weighted by atomic mass is 32.2. The highest BCUT2D eigenvalue weighted by Crippen LogP contribution is 2.27. The van der Waals surface area contributed by atoms with E-state index >= 15 is 0 Å². The first kappa shape index (κ1) is 10.9. The number of thiophene rings is 1. The average molecular weight is 244 g/mol. The van der Waals surface area contributed by atoms with Crippen molar-refractivity contribution in [3.63, 3.8) is 0 Å². The molecule has 82 valence electrons. The second kappa shape index (κ2) is 4.98. The summed E-state index contributed by atoms with van der Waals surface area (Å²) in [6.07, 6.45) is 0. The van der Waals surface area contributed by atoms with Crippen molar-refractivity contribution in [1.29, 1.82) is 0 Å². The normalized spacial score (nSPS) is 16.1. The molecule has 6 heteroatoms. The summed E-state index contributed by atoms with van der Waals surface area (Å²) >= 11 is 3.36. The van der Waals surface area contributed by atoms with Gasteiger partial charge in [0.25, 0.3) is 5.91 Å². The number of amides is 1. The number of thioether (sulfide) groups is 1. The average Bonchev–Trinajstić information content (AvgIpc) is 2.63. The van der Waals surface area contributed by atoms with Gasteiger partial charge in [-0.1, -0.05) is 0 Å². The molecule has 2 rings (SSSR count). The molecule has 3 N–H and O–H groups in total. The van der Waals surface area contributed by atoms with Crippen LogP contribution in [0.1, 0.15) is 14.5 Å².